The molecular formula is C33H24O5. The molecule has 2 unspecified atom stereocenters. The summed E-state index contributed by atoms with van der Waals surface area (Å²) in [6, 6.07) is 33.8. The fourth-order valence-corrected chi connectivity index (χ4v) is 5.21. The molecule has 0 bridgehead atoms. The van der Waals surface area contributed by atoms with Crippen LogP contribution in [-0.4, -0.2) is 11.9 Å². The molecule has 0 radical (unpaired) electrons. The molecule has 1 aliphatic heterocycles. The van der Waals surface area contributed by atoms with Gasteiger partial charge < -0.3 is 14.2 Å². The van der Waals surface area contributed by atoms with Crippen LogP contribution in [0.1, 0.15) is 27.8 Å². The second-order valence-corrected chi connectivity index (χ2v) is 9.21. The van der Waals surface area contributed by atoms with E-state index in [1.165, 1.54) is 12.2 Å². The van der Waals surface area contributed by atoms with Crippen molar-refractivity contribution in [1.29, 1.82) is 0 Å². The molecule has 5 heteroatoms. The molecule has 1 aliphatic carbocycles. The minimum atomic E-state index is -1.68. The Balaban J connectivity index is 1.41. The maximum absolute atomic E-state index is 13.3. The van der Waals surface area contributed by atoms with Crippen LogP contribution in [0.3, 0.4) is 0 Å². The number of hydrogen-bond acceptors (Lipinski definition) is 5. The van der Waals surface area contributed by atoms with Gasteiger partial charge in [-0.3, -0.25) is 0 Å². The monoisotopic (exact) mass is 500 g/mol. The molecule has 2 atom stereocenters. The van der Waals surface area contributed by atoms with Crippen molar-refractivity contribution in [3.63, 3.8) is 0 Å². The number of esters is 2. The third-order valence-corrected chi connectivity index (χ3v) is 6.86. The zero-order valence-corrected chi connectivity index (χ0v) is 20.5. The molecule has 0 spiro atoms. The van der Waals surface area contributed by atoms with Gasteiger partial charge in [-0.1, -0.05) is 103 Å². The molecule has 2 aliphatic rings. The van der Waals surface area contributed by atoms with Crippen LogP contribution in [0, 0.1) is 0 Å². The summed E-state index contributed by atoms with van der Waals surface area (Å²) in [7, 11) is 0. The number of carbonyl (C=O) groups is 2. The van der Waals surface area contributed by atoms with Gasteiger partial charge in [0.05, 0.1) is 0 Å². The first kappa shape index (κ1) is 23.5. The van der Waals surface area contributed by atoms with Crippen molar-refractivity contribution >= 4 is 24.1 Å². The Kier molecular flexibility index (Phi) is 5.89. The predicted molar refractivity (Wildman–Crippen MR) is 144 cm³/mol. The third kappa shape index (κ3) is 3.98. The number of ether oxygens (including phenoxy) is 3. The van der Waals surface area contributed by atoms with E-state index in [2.05, 4.69) is 0 Å². The topological polar surface area (TPSA) is 61.8 Å². The van der Waals surface area contributed by atoms with E-state index in [1.54, 1.807) is 18.2 Å². The van der Waals surface area contributed by atoms with Crippen molar-refractivity contribution in [3.8, 4) is 5.75 Å². The molecule has 4 aromatic carbocycles. The highest BCUT2D eigenvalue weighted by Crippen LogP contribution is 2.62. The fourth-order valence-electron chi connectivity index (χ4n) is 5.21. The summed E-state index contributed by atoms with van der Waals surface area (Å²) >= 11 is 0. The lowest BCUT2D eigenvalue weighted by molar-refractivity contribution is -0.265. The van der Waals surface area contributed by atoms with E-state index in [0.29, 0.717) is 23.3 Å². The van der Waals surface area contributed by atoms with E-state index in [9.17, 15) is 9.59 Å². The highest BCUT2D eigenvalue weighted by Gasteiger charge is 2.71. The van der Waals surface area contributed by atoms with Gasteiger partial charge in [0, 0.05) is 29.7 Å². The average Bonchev–Trinajstić information content (AvgIpc) is 3.36. The van der Waals surface area contributed by atoms with E-state index in [-0.39, 0.29) is 0 Å². The molecule has 0 aromatic heterocycles. The summed E-state index contributed by atoms with van der Waals surface area (Å²) in [6.07, 6.45) is 6.41. The van der Waals surface area contributed by atoms with Gasteiger partial charge in [-0.2, -0.15) is 0 Å². The van der Waals surface area contributed by atoms with Gasteiger partial charge in [-0.05, 0) is 34.9 Å². The van der Waals surface area contributed by atoms with Crippen LogP contribution < -0.4 is 4.74 Å². The number of benzene rings is 4. The second-order valence-electron chi connectivity index (χ2n) is 9.21. The van der Waals surface area contributed by atoms with E-state index in [1.807, 2.05) is 103 Å². The fraction of sp³-hybridized carbons (Fsp3) is 0.0909. The highest BCUT2D eigenvalue weighted by atomic mass is 16.8. The Morgan fingerprint density at radius 1 is 0.632 bits per heavy atom. The highest BCUT2D eigenvalue weighted by molar-refractivity contribution is 5.89. The van der Waals surface area contributed by atoms with Crippen molar-refractivity contribution in [2.24, 2.45) is 0 Å². The van der Waals surface area contributed by atoms with Crippen LogP contribution >= 0.6 is 0 Å². The molecule has 1 heterocycles. The molecule has 0 saturated heterocycles. The standard InChI is InChI=1S/C33H24O5/c34-30(21-19-24-11-3-1-4-12-24)37-32-23-26-15-7-8-16-27(26)33(32,36-29-18-10-9-17-28(29)32)38-31(35)22-20-25-13-5-2-6-14-25/h1-22H,23H2. The van der Waals surface area contributed by atoms with Gasteiger partial charge in [0.15, 0.2) is 0 Å². The van der Waals surface area contributed by atoms with Crippen LogP contribution in [0.15, 0.2) is 121 Å². The van der Waals surface area contributed by atoms with Gasteiger partial charge in [0.2, 0.25) is 5.60 Å². The lowest BCUT2D eigenvalue weighted by atomic mass is 9.87. The molecule has 0 amide bonds. The summed E-state index contributed by atoms with van der Waals surface area (Å²) in [5.74, 6) is -2.36. The van der Waals surface area contributed by atoms with Gasteiger partial charge in [-0.25, -0.2) is 9.59 Å². The van der Waals surface area contributed by atoms with E-state index >= 15 is 0 Å². The molecule has 4 aromatic rings. The summed E-state index contributed by atoms with van der Waals surface area (Å²) < 4.78 is 18.9. The first-order valence-electron chi connectivity index (χ1n) is 12.4. The van der Waals surface area contributed by atoms with Crippen molar-refractivity contribution in [2.45, 2.75) is 17.8 Å². The maximum atomic E-state index is 13.3. The number of fused-ring (bicyclic) bond motifs is 5. The molecule has 0 saturated carbocycles. The summed E-state index contributed by atoms with van der Waals surface area (Å²) in [4.78, 5) is 26.6. The van der Waals surface area contributed by atoms with Crippen LogP contribution in [0.4, 0.5) is 0 Å². The first-order chi connectivity index (χ1) is 18.6. The van der Waals surface area contributed by atoms with E-state index < -0.39 is 23.3 Å². The zero-order valence-electron chi connectivity index (χ0n) is 20.5. The van der Waals surface area contributed by atoms with Crippen molar-refractivity contribution in [3.05, 3.63) is 149 Å². The molecule has 6 rings (SSSR count). The number of hydrogen-bond donors (Lipinski definition) is 0. The van der Waals surface area contributed by atoms with Gasteiger partial charge in [-0.15, -0.1) is 0 Å². The predicted octanol–water partition coefficient (Wildman–Crippen LogP) is 6.20. The molecule has 38 heavy (non-hydrogen) atoms. The zero-order chi connectivity index (χ0) is 26.0. The van der Waals surface area contributed by atoms with Crippen LogP contribution in [0.5, 0.6) is 5.75 Å². The van der Waals surface area contributed by atoms with Gasteiger partial charge in [0.25, 0.3) is 0 Å². The number of rotatable bonds is 6. The Labute approximate surface area is 220 Å². The molecule has 0 fully saturated rings. The lowest BCUT2D eigenvalue weighted by Gasteiger charge is -2.37. The molecular weight excluding hydrogens is 476 g/mol. The molecule has 0 N–H and O–H groups in total. The van der Waals surface area contributed by atoms with E-state index in [0.717, 1.165) is 16.7 Å². The SMILES string of the molecule is O=C(C=Cc1ccccc1)OC12Cc3ccccc3C1(OC(=O)C=Cc1ccccc1)Oc1ccccc12. The Morgan fingerprint density at radius 3 is 1.82 bits per heavy atom. The van der Waals surface area contributed by atoms with Crippen LogP contribution in [-0.2, 0) is 36.9 Å². The summed E-state index contributed by atoms with van der Waals surface area (Å²) in [5.41, 5.74) is 2.50. The third-order valence-electron chi connectivity index (χ3n) is 6.86. The largest absolute Gasteiger partial charge is 0.444 e. The molecule has 5 nitrogen and oxygen atoms in total. The van der Waals surface area contributed by atoms with Crippen LogP contribution in [0.25, 0.3) is 12.2 Å². The maximum Gasteiger partial charge on any atom is 0.334 e. The molecule has 186 valence electrons. The first-order valence-corrected chi connectivity index (χ1v) is 12.4. The Morgan fingerprint density at radius 2 is 1.16 bits per heavy atom. The summed E-state index contributed by atoms with van der Waals surface area (Å²) in [5, 5.41) is 0. The normalized spacial score (nSPS) is 20.9. The smallest absolute Gasteiger partial charge is 0.334 e. The van der Waals surface area contributed by atoms with Crippen molar-refractivity contribution in [2.75, 3.05) is 0 Å². The van der Waals surface area contributed by atoms with E-state index in [4.69, 9.17) is 14.2 Å². The number of carbonyl (C=O) groups excluding carboxylic acids is 2. The Hall–Kier alpha value is -4.90. The minimum Gasteiger partial charge on any atom is -0.444 e. The quantitative estimate of drug-likeness (QED) is 0.233. The van der Waals surface area contributed by atoms with Crippen molar-refractivity contribution in [1.82, 2.24) is 0 Å². The van der Waals surface area contributed by atoms with Gasteiger partial charge in [0.1, 0.15) is 5.75 Å². The van der Waals surface area contributed by atoms with Crippen LogP contribution in [0.2, 0.25) is 0 Å². The Bertz CT molecular complexity index is 1440. The summed E-state index contributed by atoms with van der Waals surface area (Å²) in [6.45, 7) is 0. The number of para-hydroxylation sites is 1. The lowest BCUT2D eigenvalue weighted by Crippen LogP contribution is -2.51. The average molecular weight is 501 g/mol. The minimum absolute atomic E-state index is 0.292. The second kappa shape index (κ2) is 9.52. The van der Waals surface area contributed by atoms with Crippen molar-refractivity contribution < 1.29 is 23.8 Å². The van der Waals surface area contributed by atoms with Gasteiger partial charge >= 0.3 is 17.7 Å².